The zero-order valence-corrected chi connectivity index (χ0v) is 13.9. The maximum absolute atomic E-state index is 11.8. The fourth-order valence-corrected chi connectivity index (χ4v) is 3.44. The molecule has 7 nitrogen and oxygen atoms in total. The second kappa shape index (κ2) is 7.34. The zero-order chi connectivity index (χ0) is 16.1. The van der Waals surface area contributed by atoms with Crippen LogP contribution in [0.15, 0.2) is 34.2 Å². The van der Waals surface area contributed by atoms with Gasteiger partial charge in [0.1, 0.15) is 5.82 Å². The SMILES string of the molecule is Cc1csc(SCC(=O)NCc2nc(-c3ccncc3)n[nH]2)n1. The lowest BCUT2D eigenvalue weighted by Gasteiger charge is -2.01. The van der Waals surface area contributed by atoms with Crippen LogP contribution in [0.1, 0.15) is 11.5 Å². The number of nitrogens with zero attached hydrogens (tertiary/aromatic N) is 4. The van der Waals surface area contributed by atoms with Crippen LogP contribution in [0.3, 0.4) is 0 Å². The highest BCUT2D eigenvalue weighted by Gasteiger charge is 2.08. The van der Waals surface area contributed by atoms with Crippen molar-refractivity contribution in [3.63, 3.8) is 0 Å². The quantitative estimate of drug-likeness (QED) is 0.663. The third-order valence-corrected chi connectivity index (χ3v) is 4.99. The first kappa shape index (κ1) is 15.6. The average molecular weight is 346 g/mol. The van der Waals surface area contributed by atoms with E-state index >= 15 is 0 Å². The number of H-pyrrole nitrogens is 1. The van der Waals surface area contributed by atoms with Crippen molar-refractivity contribution in [2.45, 2.75) is 17.8 Å². The zero-order valence-electron chi connectivity index (χ0n) is 12.3. The third-order valence-electron chi connectivity index (χ3n) is 2.85. The van der Waals surface area contributed by atoms with Gasteiger partial charge in [0.05, 0.1) is 12.3 Å². The summed E-state index contributed by atoms with van der Waals surface area (Å²) in [6.07, 6.45) is 3.37. The van der Waals surface area contributed by atoms with Gasteiger partial charge in [-0.2, -0.15) is 5.10 Å². The van der Waals surface area contributed by atoms with Crippen LogP contribution in [-0.2, 0) is 11.3 Å². The maximum atomic E-state index is 11.8. The van der Waals surface area contributed by atoms with Gasteiger partial charge in [-0.3, -0.25) is 14.9 Å². The number of nitrogens with one attached hydrogen (secondary N) is 2. The monoisotopic (exact) mass is 346 g/mol. The molecule has 0 atom stereocenters. The molecule has 0 aliphatic heterocycles. The Kier molecular flexibility index (Phi) is 4.99. The minimum absolute atomic E-state index is 0.0651. The Morgan fingerprint density at radius 2 is 2.17 bits per heavy atom. The smallest absolute Gasteiger partial charge is 0.230 e. The van der Waals surface area contributed by atoms with Gasteiger partial charge in [-0.15, -0.1) is 11.3 Å². The molecule has 0 fully saturated rings. The van der Waals surface area contributed by atoms with Crippen LogP contribution >= 0.6 is 23.1 Å². The number of rotatable bonds is 6. The number of pyridine rings is 1. The molecule has 1 amide bonds. The lowest BCUT2D eigenvalue weighted by Crippen LogP contribution is -2.25. The molecular formula is C14H14N6OS2. The van der Waals surface area contributed by atoms with E-state index in [-0.39, 0.29) is 5.91 Å². The number of carbonyl (C=O) groups is 1. The van der Waals surface area contributed by atoms with Crippen LogP contribution in [0, 0.1) is 6.92 Å². The summed E-state index contributed by atoms with van der Waals surface area (Å²) >= 11 is 2.97. The summed E-state index contributed by atoms with van der Waals surface area (Å²) in [7, 11) is 0. The Bertz CT molecular complexity index is 785. The summed E-state index contributed by atoms with van der Waals surface area (Å²) in [4.78, 5) is 24.5. The molecule has 0 aliphatic carbocycles. The molecule has 9 heteroatoms. The Morgan fingerprint density at radius 1 is 1.35 bits per heavy atom. The van der Waals surface area contributed by atoms with E-state index in [9.17, 15) is 4.79 Å². The molecule has 23 heavy (non-hydrogen) atoms. The summed E-state index contributed by atoms with van der Waals surface area (Å²) in [5.74, 6) is 1.47. The van der Waals surface area contributed by atoms with Crippen molar-refractivity contribution in [2.24, 2.45) is 0 Å². The molecule has 3 heterocycles. The van der Waals surface area contributed by atoms with E-state index in [1.165, 1.54) is 11.8 Å². The number of aromatic nitrogens is 5. The van der Waals surface area contributed by atoms with Crippen molar-refractivity contribution in [1.29, 1.82) is 0 Å². The van der Waals surface area contributed by atoms with E-state index in [4.69, 9.17) is 0 Å². The minimum atomic E-state index is -0.0651. The fourth-order valence-electron chi connectivity index (χ4n) is 1.76. The Balaban J connectivity index is 1.48. The van der Waals surface area contributed by atoms with E-state index in [2.05, 4.69) is 30.5 Å². The van der Waals surface area contributed by atoms with Crippen LogP contribution in [0.4, 0.5) is 0 Å². The molecular weight excluding hydrogens is 332 g/mol. The molecule has 0 aromatic carbocycles. The minimum Gasteiger partial charge on any atom is -0.348 e. The largest absolute Gasteiger partial charge is 0.348 e. The van der Waals surface area contributed by atoms with Crippen LogP contribution < -0.4 is 5.32 Å². The first-order valence-electron chi connectivity index (χ1n) is 6.84. The normalized spacial score (nSPS) is 10.7. The number of thiazole rings is 1. The fraction of sp³-hybridized carbons (Fsp3) is 0.214. The molecule has 0 saturated heterocycles. The summed E-state index contributed by atoms with van der Waals surface area (Å²) < 4.78 is 0.900. The van der Waals surface area contributed by atoms with Gasteiger partial charge >= 0.3 is 0 Å². The predicted octanol–water partition coefficient (Wildman–Crippen LogP) is 2.04. The van der Waals surface area contributed by atoms with Crippen molar-refractivity contribution < 1.29 is 4.79 Å². The van der Waals surface area contributed by atoms with Crippen molar-refractivity contribution in [3.05, 3.63) is 41.4 Å². The van der Waals surface area contributed by atoms with E-state index in [1.54, 1.807) is 23.7 Å². The van der Waals surface area contributed by atoms with Crippen LogP contribution in [0.5, 0.6) is 0 Å². The lowest BCUT2D eigenvalue weighted by molar-refractivity contribution is -0.118. The predicted molar refractivity (Wildman–Crippen MR) is 89.0 cm³/mol. The van der Waals surface area contributed by atoms with Gasteiger partial charge < -0.3 is 5.32 Å². The highest BCUT2D eigenvalue weighted by Crippen LogP contribution is 2.21. The Morgan fingerprint density at radius 3 is 2.91 bits per heavy atom. The number of amides is 1. The number of hydrogen-bond acceptors (Lipinski definition) is 7. The second-order valence-corrected chi connectivity index (χ2v) is 6.74. The second-order valence-electron chi connectivity index (χ2n) is 4.66. The van der Waals surface area contributed by atoms with Crippen LogP contribution in [-0.4, -0.2) is 36.8 Å². The average Bonchev–Trinajstić information content (AvgIpc) is 3.21. The highest BCUT2D eigenvalue weighted by molar-refractivity contribution is 8.01. The molecule has 0 spiro atoms. The molecule has 3 rings (SSSR count). The van der Waals surface area contributed by atoms with Crippen molar-refractivity contribution in [2.75, 3.05) is 5.75 Å². The van der Waals surface area contributed by atoms with Crippen molar-refractivity contribution in [1.82, 2.24) is 30.5 Å². The molecule has 3 aromatic heterocycles. The highest BCUT2D eigenvalue weighted by atomic mass is 32.2. The molecule has 0 bridgehead atoms. The summed E-state index contributed by atoms with van der Waals surface area (Å²) in [5, 5.41) is 11.7. The van der Waals surface area contributed by atoms with Gasteiger partial charge in [0.2, 0.25) is 5.91 Å². The molecule has 3 aromatic rings. The van der Waals surface area contributed by atoms with Gasteiger partial charge in [-0.1, -0.05) is 11.8 Å². The van der Waals surface area contributed by atoms with Gasteiger partial charge in [-0.25, -0.2) is 9.97 Å². The van der Waals surface area contributed by atoms with Crippen LogP contribution in [0.25, 0.3) is 11.4 Å². The molecule has 0 saturated carbocycles. The molecule has 0 aliphatic rings. The Hall–Kier alpha value is -2.26. The molecule has 2 N–H and O–H groups in total. The molecule has 0 radical (unpaired) electrons. The number of hydrogen-bond donors (Lipinski definition) is 2. The standard InChI is InChI=1S/C14H14N6OS2/c1-9-7-22-14(17-9)23-8-12(21)16-6-11-18-13(20-19-11)10-2-4-15-5-3-10/h2-5,7H,6,8H2,1H3,(H,16,21)(H,18,19,20). The molecule has 118 valence electrons. The number of carbonyl (C=O) groups excluding carboxylic acids is 1. The lowest BCUT2D eigenvalue weighted by atomic mass is 10.2. The number of aryl methyl sites for hydroxylation is 1. The van der Waals surface area contributed by atoms with Gasteiger partial charge in [0.25, 0.3) is 0 Å². The van der Waals surface area contributed by atoms with E-state index in [1.807, 2.05) is 24.4 Å². The molecule has 0 unspecified atom stereocenters. The van der Waals surface area contributed by atoms with Crippen molar-refractivity contribution in [3.8, 4) is 11.4 Å². The maximum Gasteiger partial charge on any atom is 0.230 e. The van der Waals surface area contributed by atoms with E-state index in [0.29, 0.717) is 23.9 Å². The van der Waals surface area contributed by atoms with Gasteiger partial charge in [0.15, 0.2) is 10.2 Å². The Labute approximate surface area is 141 Å². The first-order chi connectivity index (χ1) is 11.2. The van der Waals surface area contributed by atoms with Crippen molar-refractivity contribution >= 4 is 29.0 Å². The third kappa shape index (κ3) is 4.36. The summed E-state index contributed by atoms with van der Waals surface area (Å²) in [6.45, 7) is 2.25. The number of thioether (sulfide) groups is 1. The summed E-state index contributed by atoms with van der Waals surface area (Å²) in [6, 6.07) is 3.66. The van der Waals surface area contributed by atoms with Crippen LogP contribution in [0.2, 0.25) is 0 Å². The van der Waals surface area contributed by atoms with E-state index < -0.39 is 0 Å². The van der Waals surface area contributed by atoms with Gasteiger partial charge in [-0.05, 0) is 19.1 Å². The van der Waals surface area contributed by atoms with Gasteiger partial charge in [0, 0.05) is 29.0 Å². The first-order valence-corrected chi connectivity index (χ1v) is 8.70. The number of aromatic amines is 1. The topological polar surface area (TPSA) is 96.5 Å². The summed E-state index contributed by atoms with van der Waals surface area (Å²) in [5.41, 5.74) is 1.85. The van der Waals surface area contributed by atoms with E-state index in [0.717, 1.165) is 15.6 Å².